The minimum atomic E-state index is -0.252. The maximum Gasteiger partial charge on any atom is 0.323 e. The number of fused-ring (bicyclic) bond motifs is 1. The van der Waals surface area contributed by atoms with Gasteiger partial charge in [0.15, 0.2) is 0 Å². The lowest BCUT2D eigenvalue weighted by atomic mass is 9.78. The third-order valence-corrected chi connectivity index (χ3v) is 8.52. The first-order valence-electron chi connectivity index (χ1n) is 14.1. The molecule has 2 aromatic carbocycles. The van der Waals surface area contributed by atoms with Gasteiger partial charge in [0.2, 0.25) is 5.88 Å². The molecule has 8 heteroatoms. The van der Waals surface area contributed by atoms with Crippen molar-refractivity contribution in [1.29, 1.82) is 0 Å². The molecule has 2 aliphatic rings. The number of ether oxygens (including phenoxy) is 1. The summed E-state index contributed by atoms with van der Waals surface area (Å²) in [6.45, 7) is 2.26. The van der Waals surface area contributed by atoms with Gasteiger partial charge in [-0.1, -0.05) is 54.5 Å². The van der Waals surface area contributed by atoms with Gasteiger partial charge in [-0.15, -0.1) is 0 Å². The topological polar surface area (TPSA) is 72.3 Å². The monoisotopic (exact) mass is 551 g/mol. The van der Waals surface area contributed by atoms with Crippen molar-refractivity contribution >= 4 is 11.8 Å². The van der Waals surface area contributed by atoms with Gasteiger partial charge in [-0.3, -0.25) is 4.90 Å². The molecule has 2 aliphatic carbocycles. The number of hydrogen-bond donors (Lipinski definition) is 1. The van der Waals surface area contributed by atoms with Crippen LogP contribution in [-0.4, -0.2) is 35.0 Å². The molecule has 0 aliphatic heterocycles. The minimum absolute atomic E-state index is 0.163. The number of pyridine rings is 1. The lowest BCUT2D eigenvalue weighted by Crippen LogP contribution is -2.40. The number of benzene rings is 2. The maximum atomic E-state index is 13.5. The molecular weight excluding hydrogens is 517 g/mol. The van der Waals surface area contributed by atoms with Gasteiger partial charge in [0, 0.05) is 31.0 Å². The van der Waals surface area contributed by atoms with Crippen molar-refractivity contribution in [3.8, 4) is 11.6 Å². The summed E-state index contributed by atoms with van der Waals surface area (Å²) in [7, 11) is 3.28. The van der Waals surface area contributed by atoms with E-state index < -0.39 is 0 Å². The SMILES string of the molecule is COc1cccc(N(C)C(=O)NC(C[C@H]2CCC3=C2[C@@H](C)c2cnn(-c4ccc(F)cc4)c2C3)c2ccccc2)n1. The summed E-state index contributed by atoms with van der Waals surface area (Å²) in [5.41, 5.74) is 7.31. The van der Waals surface area contributed by atoms with Crippen LogP contribution in [0.3, 0.4) is 0 Å². The van der Waals surface area contributed by atoms with E-state index in [1.54, 1.807) is 38.4 Å². The molecule has 0 radical (unpaired) electrons. The number of methoxy groups -OCH3 is 1. The molecule has 0 fully saturated rings. The molecule has 1 unspecified atom stereocenters. The molecule has 0 bridgehead atoms. The average Bonchev–Trinajstić information content (AvgIpc) is 3.62. The highest BCUT2D eigenvalue weighted by atomic mass is 19.1. The Bertz CT molecular complexity index is 1580. The number of amides is 2. The molecule has 0 saturated carbocycles. The lowest BCUT2D eigenvalue weighted by molar-refractivity contribution is 0.241. The molecule has 3 atom stereocenters. The van der Waals surface area contributed by atoms with Crippen LogP contribution in [-0.2, 0) is 6.42 Å². The van der Waals surface area contributed by atoms with Crippen molar-refractivity contribution in [1.82, 2.24) is 20.1 Å². The van der Waals surface area contributed by atoms with Crippen molar-refractivity contribution in [2.75, 3.05) is 19.1 Å². The Hall–Kier alpha value is -4.46. The van der Waals surface area contributed by atoms with Gasteiger partial charge in [0.05, 0.1) is 30.7 Å². The van der Waals surface area contributed by atoms with Crippen LogP contribution < -0.4 is 15.0 Å². The van der Waals surface area contributed by atoms with Gasteiger partial charge in [-0.05, 0) is 61.1 Å². The van der Waals surface area contributed by atoms with E-state index in [4.69, 9.17) is 9.84 Å². The highest BCUT2D eigenvalue weighted by Gasteiger charge is 2.37. The first kappa shape index (κ1) is 26.7. The molecule has 2 amide bonds. The van der Waals surface area contributed by atoms with Crippen LogP contribution in [0.4, 0.5) is 15.0 Å². The number of halogens is 1. The van der Waals surface area contributed by atoms with Gasteiger partial charge in [-0.25, -0.2) is 13.9 Å². The summed E-state index contributed by atoms with van der Waals surface area (Å²) in [6.07, 6.45) is 5.70. The molecule has 1 N–H and O–H groups in total. The van der Waals surface area contributed by atoms with Crippen molar-refractivity contribution in [3.05, 3.63) is 113 Å². The third kappa shape index (κ3) is 5.22. The van der Waals surface area contributed by atoms with Crippen molar-refractivity contribution in [2.45, 2.75) is 44.6 Å². The molecule has 2 aromatic heterocycles. The number of rotatable bonds is 7. The van der Waals surface area contributed by atoms with Crippen molar-refractivity contribution in [2.24, 2.45) is 5.92 Å². The van der Waals surface area contributed by atoms with Crippen LogP contribution >= 0.6 is 0 Å². The average molecular weight is 552 g/mol. The summed E-state index contributed by atoms with van der Waals surface area (Å²) in [4.78, 5) is 19.4. The number of aromatic nitrogens is 3. The molecular formula is C33H34FN5O2. The zero-order valence-electron chi connectivity index (χ0n) is 23.5. The van der Waals surface area contributed by atoms with Gasteiger partial charge >= 0.3 is 6.03 Å². The summed E-state index contributed by atoms with van der Waals surface area (Å²) >= 11 is 0. The molecule has 2 heterocycles. The fourth-order valence-corrected chi connectivity index (χ4v) is 6.43. The van der Waals surface area contributed by atoms with Gasteiger partial charge in [-0.2, -0.15) is 10.1 Å². The quantitative estimate of drug-likeness (QED) is 0.258. The number of hydrogen-bond acceptors (Lipinski definition) is 4. The number of urea groups is 1. The van der Waals surface area contributed by atoms with Gasteiger partial charge < -0.3 is 10.1 Å². The third-order valence-electron chi connectivity index (χ3n) is 8.52. The normalized spacial score (nSPS) is 18.4. The number of nitrogens with one attached hydrogen (secondary N) is 1. The predicted octanol–water partition coefficient (Wildman–Crippen LogP) is 6.76. The second-order valence-electron chi connectivity index (χ2n) is 10.9. The number of allylic oxidation sites excluding steroid dienone is 2. The second-order valence-corrected chi connectivity index (χ2v) is 10.9. The Morgan fingerprint density at radius 2 is 1.90 bits per heavy atom. The van der Waals surface area contributed by atoms with Crippen LogP contribution in [0.15, 0.2) is 90.1 Å². The molecule has 0 saturated heterocycles. The Morgan fingerprint density at radius 1 is 1.12 bits per heavy atom. The zero-order valence-corrected chi connectivity index (χ0v) is 23.5. The van der Waals surface area contributed by atoms with Gasteiger partial charge in [0.1, 0.15) is 11.6 Å². The van der Waals surface area contributed by atoms with Crippen LogP contribution in [0, 0.1) is 11.7 Å². The highest BCUT2D eigenvalue weighted by molar-refractivity contribution is 5.90. The Morgan fingerprint density at radius 3 is 2.66 bits per heavy atom. The van der Waals surface area contributed by atoms with Crippen LogP contribution in [0.5, 0.6) is 5.88 Å². The standard InChI is InChI=1S/C33H34FN5O2/c1-21-27-20-35-39(26-16-14-25(34)15-17-26)29(27)19-24-13-12-23(32(21)24)18-28(22-8-5-4-6-9-22)36-33(40)38(2)30-10-7-11-31(37-30)41-3/h4-11,14-17,20-21,23,28H,12-13,18-19H2,1-3H3,(H,36,40)/t21-,23+,28?/m0/s1. The maximum absolute atomic E-state index is 13.5. The van der Waals surface area contributed by atoms with E-state index in [1.165, 1.54) is 39.4 Å². The minimum Gasteiger partial charge on any atom is -0.481 e. The molecule has 0 spiro atoms. The summed E-state index contributed by atoms with van der Waals surface area (Å²) in [6, 6.07) is 21.7. The first-order chi connectivity index (χ1) is 19.9. The van der Waals surface area contributed by atoms with Crippen LogP contribution in [0.25, 0.3) is 5.69 Å². The van der Waals surface area contributed by atoms with Crippen molar-refractivity contribution in [3.63, 3.8) is 0 Å². The van der Waals surface area contributed by atoms with Gasteiger partial charge in [0.25, 0.3) is 0 Å². The fourth-order valence-electron chi connectivity index (χ4n) is 6.43. The van der Waals surface area contributed by atoms with E-state index in [1.807, 2.05) is 35.1 Å². The van der Waals surface area contributed by atoms with E-state index in [2.05, 4.69) is 29.4 Å². The number of anilines is 1. The summed E-state index contributed by atoms with van der Waals surface area (Å²) in [5, 5.41) is 7.99. The smallest absolute Gasteiger partial charge is 0.323 e. The first-order valence-corrected chi connectivity index (χ1v) is 14.1. The molecule has 6 rings (SSSR count). The van der Waals surface area contributed by atoms with Crippen LogP contribution in [0.2, 0.25) is 0 Å². The number of carbonyl (C=O) groups excluding carboxylic acids is 1. The summed E-state index contributed by atoms with van der Waals surface area (Å²) < 4.78 is 20.7. The number of nitrogens with zero attached hydrogens (tertiary/aromatic N) is 4. The molecule has 41 heavy (non-hydrogen) atoms. The Balaban J connectivity index is 1.24. The van der Waals surface area contributed by atoms with E-state index in [9.17, 15) is 9.18 Å². The van der Waals surface area contributed by atoms with E-state index in [0.29, 0.717) is 17.6 Å². The highest BCUT2D eigenvalue weighted by Crippen LogP contribution is 2.49. The zero-order chi connectivity index (χ0) is 28.5. The molecule has 7 nitrogen and oxygen atoms in total. The van der Waals surface area contributed by atoms with E-state index >= 15 is 0 Å². The Kier molecular flexibility index (Phi) is 7.30. The molecule has 210 valence electrons. The van der Waals surface area contributed by atoms with Crippen molar-refractivity contribution < 1.29 is 13.9 Å². The number of carbonyl (C=O) groups is 1. The fraction of sp³-hybridized carbons (Fsp3) is 0.303. The summed E-state index contributed by atoms with van der Waals surface area (Å²) in [5.74, 6) is 1.30. The van der Waals surface area contributed by atoms with E-state index in [0.717, 1.165) is 36.9 Å². The Labute approximate surface area is 239 Å². The largest absolute Gasteiger partial charge is 0.481 e. The predicted molar refractivity (Wildman–Crippen MR) is 157 cm³/mol. The molecule has 4 aromatic rings. The lowest BCUT2D eigenvalue weighted by Gasteiger charge is -2.30. The second kappa shape index (κ2) is 11.2. The van der Waals surface area contributed by atoms with Crippen LogP contribution in [0.1, 0.15) is 55.0 Å². The van der Waals surface area contributed by atoms with E-state index in [-0.39, 0.29) is 23.8 Å².